The lowest BCUT2D eigenvalue weighted by atomic mass is 9.98. The molecule has 0 saturated heterocycles. The second kappa shape index (κ2) is 12.2. The summed E-state index contributed by atoms with van der Waals surface area (Å²) in [7, 11) is 0. The molecule has 2 aromatic rings. The van der Waals surface area contributed by atoms with Gasteiger partial charge in [-0.05, 0) is 47.4 Å². The van der Waals surface area contributed by atoms with Gasteiger partial charge in [0.1, 0.15) is 6.61 Å². The van der Waals surface area contributed by atoms with Crippen molar-refractivity contribution < 1.29 is 24.2 Å². The van der Waals surface area contributed by atoms with E-state index in [-0.39, 0.29) is 24.3 Å². The number of rotatable bonds is 12. The lowest BCUT2D eigenvalue weighted by molar-refractivity contribution is -0.141. The Morgan fingerprint density at radius 3 is 2.18 bits per heavy atom. The molecule has 0 spiro atoms. The van der Waals surface area contributed by atoms with Crippen LogP contribution in [0.5, 0.6) is 0 Å². The third-order valence-electron chi connectivity index (χ3n) is 6.36. The maximum Gasteiger partial charge on any atom is 0.407 e. The number of aliphatic carboxylic acids is 1. The van der Waals surface area contributed by atoms with E-state index >= 15 is 0 Å². The number of hydrogen-bond acceptors (Lipinski definition) is 4. The summed E-state index contributed by atoms with van der Waals surface area (Å²) >= 11 is 0. The van der Waals surface area contributed by atoms with Crippen LogP contribution >= 0.6 is 0 Å². The SMILES string of the molecule is CC(CCC(=O)NCCCC(C)C(=O)O)CNC(=O)OCC1c2ccccc2-c2ccccc21. The number of nitrogens with one attached hydrogen (secondary N) is 2. The Labute approximate surface area is 200 Å². The number of ether oxygens (including phenoxy) is 1. The van der Waals surface area contributed by atoms with E-state index < -0.39 is 18.0 Å². The summed E-state index contributed by atoms with van der Waals surface area (Å²) in [6.07, 6.45) is 1.72. The zero-order chi connectivity index (χ0) is 24.5. The summed E-state index contributed by atoms with van der Waals surface area (Å²) < 4.78 is 5.55. The van der Waals surface area contributed by atoms with Crippen molar-refractivity contribution in [3.63, 3.8) is 0 Å². The molecular weight excluding hydrogens is 432 g/mol. The maximum absolute atomic E-state index is 12.3. The van der Waals surface area contributed by atoms with Gasteiger partial charge in [0.05, 0.1) is 5.92 Å². The van der Waals surface area contributed by atoms with Gasteiger partial charge in [-0.2, -0.15) is 0 Å². The first-order chi connectivity index (χ1) is 16.4. The Bertz CT molecular complexity index is 961. The number of fused-ring (bicyclic) bond motifs is 3. The summed E-state index contributed by atoms with van der Waals surface area (Å²) in [5, 5.41) is 14.5. The molecule has 7 heteroatoms. The van der Waals surface area contributed by atoms with Gasteiger partial charge in [-0.15, -0.1) is 0 Å². The van der Waals surface area contributed by atoms with Crippen LogP contribution in [0.2, 0.25) is 0 Å². The number of carboxylic acids is 1. The summed E-state index contributed by atoms with van der Waals surface area (Å²) in [5.41, 5.74) is 4.73. The minimum Gasteiger partial charge on any atom is -0.481 e. The van der Waals surface area contributed by atoms with E-state index in [4.69, 9.17) is 9.84 Å². The fraction of sp³-hybridized carbons (Fsp3) is 0.444. The Hall–Kier alpha value is -3.35. The second-order valence-corrected chi connectivity index (χ2v) is 9.08. The molecule has 1 aliphatic rings. The molecule has 0 radical (unpaired) electrons. The van der Waals surface area contributed by atoms with E-state index in [0.717, 1.165) is 0 Å². The van der Waals surface area contributed by atoms with Crippen LogP contribution in [-0.2, 0) is 14.3 Å². The van der Waals surface area contributed by atoms with Crippen molar-refractivity contribution in [1.82, 2.24) is 10.6 Å². The van der Waals surface area contributed by atoms with Gasteiger partial charge in [-0.1, -0.05) is 62.4 Å². The average molecular weight is 467 g/mol. The number of hydrogen-bond donors (Lipinski definition) is 3. The van der Waals surface area contributed by atoms with E-state index in [0.29, 0.717) is 38.8 Å². The number of amides is 2. The van der Waals surface area contributed by atoms with Gasteiger partial charge in [-0.3, -0.25) is 9.59 Å². The number of carboxylic acid groups (broad SMARTS) is 1. The zero-order valence-electron chi connectivity index (χ0n) is 19.9. The van der Waals surface area contributed by atoms with Gasteiger partial charge in [-0.25, -0.2) is 4.79 Å². The molecular formula is C27H34N2O5. The Kier molecular flexibility index (Phi) is 9.08. The van der Waals surface area contributed by atoms with Crippen LogP contribution in [0.15, 0.2) is 48.5 Å². The van der Waals surface area contributed by atoms with E-state index in [1.165, 1.54) is 22.3 Å². The Morgan fingerprint density at radius 1 is 0.941 bits per heavy atom. The van der Waals surface area contributed by atoms with Gasteiger partial charge >= 0.3 is 12.1 Å². The minimum absolute atomic E-state index is 0.0257. The number of carbonyl (C=O) groups is 3. The molecule has 34 heavy (non-hydrogen) atoms. The molecule has 0 heterocycles. The van der Waals surface area contributed by atoms with Crippen molar-refractivity contribution in [2.75, 3.05) is 19.7 Å². The molecule has 0 aliphatic heterocycles. The van der Waals surface area contributed by atoms with Crippen molar-refractivity contribution in [3.05, 3.63) is 59.7 Å². The molecule has 3 N–H and O–H groups in total. The van der Waals surface area contributed by atoms with Gasteiger partial charge < -0.3 is 20.5 Å². The molecule has 7 nitrogen and oxygen atoms in total. The van der Waals surface area contributed by atoms with E-state index in [1.54, 1.807) is 6.92 Å². The fourth-order valence-electron chi connectivity index (χ4n) is 4.23. The van der Waals surface area contributed by atoms with E-state index in [2.05, 4.69) is 34.9 Å². The van der Waals surface area contributed by atoms with Crippen LogP contribution < -0.4 is 10.6 Å². The first kappa shape index (κ1) is 25.3. The van der Waals surface area contributed by atoms with Gasteiger partial charge in [0.25, 0.3) is 0 Å². The number of carbonyl (C=O) groups excluding carboxylic acids is 2. The molecule has 0 bridgehead atoms. The predicted octanol–water partition coefficient (Wildman–Crippen LogP) is 4.56. The topological polar surface area (TPSA) is 105 Å². The fourth-order valence-corrected chi connectivity index (χ4v) is 4.23. The lowest BCUT2D eigenvalue weighted by Crippen LogP contribution is -2.31. The smallest absolute Gasteiger partial charge is 0.407 e. The lowest BCUT2D eigenvalue weighted by Gasteiger charge is -2.16. The molecule has 2 unspecified atom stereocenters. The summed E-state index contributed by atoms with van der Waals surface area (Å²) in [6.45, 7) is 4.82. The molecule has 0 fully saturated rings. The summed E-state index contributed by atoms with van der Waals surface area (Å²) in [6, 6.07) is 16.4. The monoisotopic (exact) mass is 466 g/mol. The highest BCUT2D eigenvalue weighted by Gasteiger charge is 2.29. The van der Waals surface area contributed by atoms with Crippen molar-refractivity contribution in [2.24, 2.45) is 11.8 Å². The average Bonchev–Trinajstić information content (AvgIpc) is 3.16. The first-order valence-corrected chi connectivity index (χ1v) is 11.9. The van der Waals surface area contributed by atoms with Crippen LogP contribution in [0.25, 0.3) is 11.1 Å². The highest BCUT2D eigenvalue weighted by Crippen LogP contribution is 2.44. The molecule has 0 saturated carbocycles. The standard InChI is InChI=1S/C27H34N2O5/c1-18(13-14-25(30)28-15-7-8-19(2)26(31)32)16-29-27(33)34-17-24-22-11-5-3-9-20(22)21-10-4-6-12-23(21)24/h3-6,9-12,18-19,24H,7-8,13-17H2,1-2H3,(H,28,30)(H,29,33)(H,31,32). The van der Waals surface area contributed by atoms with Crippen LogP contribution in [0.1, 0.15) is 56.6 Å². The largest absolute Gasteiger partial charge is 0.481 e. The Balaban J connectivity index is 1.34. The van der Waals surface area contributed by atoms with Gasteiger partial charge in [0.2, 0.25) is 5.91 Å². The van der Waals surface area contributed by atoms with Crippen LogP contribution in [0.4, 0.5) is 4.79 Å². The van der Waals surface area contributed by atoms with Gasteiger partial charge in [0, 0.05) is 25.4 Å². The van der Waals surface area contributed by atoms with Crippen LogP contribution in [0.3, 0.4) is 0 Å². The van der Waals surface area contributed by atoms with Crippen molar-refractivity contribution in [2.45, 2.75) is 45.4 Å². The number of alkyl carbamates (subject to hydrolysis) is 1. The molecule has 182 valence electrons. The molecule has 3 rings (SSSR count). The third-order valence-corrected chi connectivity index (χ3v) is 6.36. The molecule has 2 amide bonds. The molecule has 0 aromatic heterocycles. The van der Waals surface area contributed by atoms with Crippen molar-refractivity contribution in [1.29, 1.82) is 0 Å². The van der Waals surface area contributed by atoms with Crippen LogP contribution in [-0.4, -0.2) is 42.8 Å². The third kappa shape index (κ3) is 6.83. The maximum atomic E-state index is 12.3. The molecule has 2 aromatic carbocycles. The highest BCUT2D eigenvalue weighted by atomic mass is 16.5. The van der Waals surface area contributed by atoms with E-state index in [9.17, 15) is 14.4 Å². The zero-order valence-corrected chi connectivity index (χ0v) is 19.9. The first-order valence-electron chi connectivity index (χ1n) is 11.9. The highest BCUT2D eigenvalue weighted by molar-refractivity contribution is 5.79. The summed E-state index contributed by atoms with van der Waals surface area (Å²) in [4.78, 5) is 35.1. The normalized spacial score (nSPS) is 13.9. The number of benzene rings is 2. The van der Waals surface area contributed by atoms with E-state index in [1.807, 2.05) is 31.2 Å². The summed E-state index contributed by atoms with van der Waals surface area (Å²) in [5.74, 6) is -1.13. The van der Waals surface area contributed by atoms with Crippen molar-refractivity contribution in [3.8, 4) is 11.1 Å². The van der Waals surface area contributed by atoms with Crippen molar-refractivity contribution >= 4 is 18.0 Å². The predicted molar refractivity (Wildman–Crippen MR) is 131 cm³/mol. The Morgan fingerprint density at radius 2 is 1.56 bits per heavy atom. The second-order valence-electron chi connectivity index (χ2n) is 9.08. The van der Waals surface area contributed by atoms with Gasteiger partial charge in [0.15, 0.2) is 0 Å². The quantitative estimate of drug-likeness (QED) is 0.398. The molecule has 1 aliphatic carbocycles. The minimum atomic E-state index is -0.816. The van der Waals surface area contributed by atoms with Crippen LogP contribution in [0, 0.1) is 11.8 Å². The molecule has 2 atom stereocenters.